The van der Waals surface area contributed by atoms with Crippen molar-refractivity contribution in [2.45, 2.75) is 13.5 Å². The Morgan fingerprint density at radius 1 is 1.53 bits per heavy atom. The molecule has 0 bridgehead atoms. The minimum atomic E-state index is -1.22. The van der Waals surface area contributed by atoms with Gasteiger partial charge in [-0.3, -0.25) is 4.57 Å². The van der Waals surface area contributed by atoms with Gasteiger partial charge in [-0.05, 0) is 25.1 Å². The minimum Gasteiger partial charge on any atom is -0.478 e. The second kappa shape index (κ2) is 5.57. The zero-order chi connectivity index (χ0) is 13.8. The van der Waals surface area contributed by atoms with Crippen LogP contribution in [0.2, 0.25) is 0 Å². The van der Waals surface area contributed by atoms with Gasteiger partial charge in [0.2, 0.25) is 0 Å². The predicted molar refractivity (Wildman–Crippen MR) is 63.6 cm³/mol. The van der Waals surface area contributed by atoms with Crippen LogP contribution in [0.3, 0.4) is 0 Å². The van der Waals surface area contributed by atoms with Gasteiger partial charge in [-0.25, -0.2) is 9.18 Å². The largest absolute Gasteiger partial charge is 0.478 e. The first-order valence-electron chi connectivity index (χ1n) is 5.63. The molecule has 0 fully saturated rings. The third-order valence-corrected chi connectivity index (χ3v) is 2.50. The van der Waals surface area contributed by atoms with E-state index >= 15 is 0 Å². The van der Waals surface area contributed by atoms with Crippen molar-refractivity contribution >= 4 is 5.97 Å². The zero-order valence-corrected chi connectivity index (χ0v) is 10.2. The number of rotatable bonds is 5. The van der Waals surface area contributed by atoms with E-state index in [9.17, 15) is 9.18 Å². The molecule has 0 unspecified atom stereocenters. The molecule has 0 saturated heterocycles. The van der Waals surface area contributed by atoms with Gasteiger partial charge in [-0.15, -0.1) is 10.2 Å². The Kier molecular flexibility index (Phi) is 3.86. The van der Waals surface area contributed by atoms with Crippen LogP contribution < -0.4 is 0 Å². The van der Waals surface area contributed by atoms with Crippen molar-refractivity contribution < 1.29 is 19.0 Å². The topological polar surface area (TPSA) is 77.2 Å². The number of aromatic carboxylic acids is 1. The average molecular weight is 265 g/mol. The molecule has 0 aliphatic rings. The van der Waals surface area contributed by atoms with Gasteiger partial charge >= 0.3 is 5.97 Å². The number of carboxylic acids is 1. The minimum absolute atomic E-state index is 0.155. The summed E-state index contributed by atoms with van der Waals surface area (Å²) in [6.45, 7) is 2.54. The van der Waals surface area contributed by atoms with Gasteiger partial charge in [0.05, 0.1) is 11.3 Å². The summed E-state index contributed by atoms with van der Waals surface area (Å²) < 4.78 is 19.8. The Morgan fingerprint density at radius 2 is 2.32 bits per heavy atom. The van der Waals surface area contributed by atoms with E-state index in [2.05, 4.69) is 10.2 Å². The summed E-state index contributed by atoms with van der Waals surface area (Å²) in [7, 11) is 0. The number of ether oxygens (including phenoxy) is 1. The van der Waals surface area contributed by atoms with Crippen LogP contribution in [0, 0.1) is 5.82 Å². The highest BCUT2D eigenvalue weighted by Crippen LogP contribution is 2.18. The molecule has 100 valence electrons. The summed E-state index contributed by atoms with van der Waals surface area (Å²) in [5, 5.41) is 16.7. The number of hydrogen-bond acceptors (Lipinski definition) is 4. The maximum atomic E-state index is 13.1. The van der Waals surface area contributed by atoms with Gasteiger partial charge in [-0.2, -0.15) is 0 Å². The van der Waals surface area contributed by atoms with Crippen molar-refractivity contribution in [3.8, 4) is 5.69 Å². The third kappa shape index (κ3) is 2.76. The van der Waals surface area contributed by atoms with E-state index in [1.165, 1.54) is 23.0 Å². The van der Waals surface area contributed by atoms with E-state index in [0.29, 0.717) is 18.1 Å². The quantitative estimate of drug-likeness (QED) is 0.889. The molecule has 1 aromatic heterocycles. The molecule has 2 rings (SSSR count). The highest BCUT2D eigenvalue weighted by molar-refractivity contribution is 5.92. The van der Waals surface area contributed by atoms with Gasteiger partial charge in [0, 0.05) is 6.61 Å². The lowest BCUT2D eigenvalue weighted by molar-refractivity contribution is 0.0696. The molecule has 1 heterocycles. The first-order chi connectivity index (χ1) is 9.13. The molecule has 19 heavy (non-hydrogen) atoms. The lowest BCUT2D eigenvalue weighted by atomic mass is 10.1. The van der Waals surface area contributed by atoms with Crippen LogP contribution in [0.15, 0.2) is 24.5 Å². The van der Waals surface area contributed by atoms with Crippen LogP contribution in [-0.4, -0.2) is 32.4 Å². The maximum Gasteiger partial charge on any atom is 0.337 e. The summed E-state index contributed by atoms with van der Waals surface area (Å²) in [6, 6.07) is 3.52. The molecular formula is C12H12FN3O3. The highest BCUT2D eigenvalue weighted by atomic mass is 19.1. The van der Waals surface area contributed by atoms with E-state index in [0.717, 1.165) is 6.07 Å². The number of benzene rings is 1. The van der Waals surface area contributed by atoms with Gasteiger partial charge in [0.15, 0.2) is 5.82 Å². The maximum absolute atomic E-state index is 13.1. The standard InChI is InChI=1S/C12H12FN3O3/c1-2-19-6-11-15-14-7-16(11)10-4-3-8(13)5-9(10)12(17)18/h3-5,7H,2,6H2,1H3,(H,17,18). The predicted octanol–water partition coefficient (Wildman–Crippen LogP) is 1.64. The van der Waals surface area contributed by atoms with Gasteiger partial charge in [-0.1, -0.05) is 0 Å². The Hall–Kier alpha value is -2.28. The summed E-state index contributed by atoms with van der Waals surface area (Å²) in [4.78, 5) is 11.1. The molecule has 0 atom stereocenters. The molecule has 0 radical (unpaired) electrons. The normalized spacial score (nSPS) is 10.6. The fourth-order valence-electron chi connectivity index (χ4n) is 1.64. The fourth-order valence-corrected chi connectivity index (χ4v) is 1.64. The van der Waals surface area contributed by atoms with Crippen molar-refractivity contribution in [3.63, 3.8) is 0 Å². The van der Waals surface area contributed by atoms with E-state index in [-0.39, 0.29) is 12.2 Å². The number of hydrogen-bond donors (Lipinski definition) is 1. The molecule has 0 aliphatic heterocycles. The lowest BCUT2D eigenvalue weighted by Gasteiger charge is -2.09. The molecular weight excluding hydrogens is 253 g/mol. The summed E-state index contributed by atoms with van der Waals surface area (Å²) in [5.41, 5.74) is 0.145. The summed E-state index contributed by atoms with van der Waals surface area (Å²) in [5.74, 6) is -1.37. The number of aromatic nitrogens is 3. The Morgan fingerprint density at radius 3 is 3.00 bits per heavy atom. The van der Waals surface area contributed by atoms with Gasteiger partial charge < -0.3 is 9.84 Å². The summed E-state index contributed by atoms with van der Waals surface area (Å²) >= 11 is 0. The fraction of sp³-hybridized carbons (Fsp3) is 0.250. The van der Waals surface area contributed by atoms with Crippen LogP contribution in [0.4, 0.5) is 4.39 Å². The van der Waals surface area contributed by atoms with E-state index in [1.807, 2.05) is 6.92 Å². The SMILES string of the molecule is CCOCc1nncn1-c1ccc(F)cc1C(=O)O. The highest BCUT2D eigenvalue weighted by Gasteiger charge is 2.15. The van der Waals surface area contributed by atoms with Gasteiger partial charge in [0.1, 0.15) is 18.8 Å². The monoisotopic (exact) mass is 265 g/mol. The molecule has 1 aromatic carbocycles. The number of carboxylic acid groups (broad SMARTS) is 1. The average Bonchev–Trinajstić information content (AvgIpc) is 2.84. The second-order valence-corrected chi connectivity index (χ2v) is 3.72. The van der Waals surface area contributed by atoms with E-state index in [4.69, 9.17) is 9.84 Å². The zero-order valence-electron chi connectivity index (χ0n) is 10.2. The first-order valence-corrected chi connectivity index (χ1v) is 5.63. The first kappa shape index (κ1) is 13.2. The van der Waals surface area contributed by atoms with Crippen LogP contribution in [-0.2, 0) is 11.3 Å². The molecule has 2 aromatic rings. The Labute approximate surface area is 108 Å². The molecule has 6 nitrogen and oxygen atoms in total. The Balaban J connectivity index is 2.47. The Bertz CT molecular complexity index is 598. The molecule has 1 N–H and O–H groups in total. The van der Waals surface area contributed by atoms with Crippen molar-refractivity contribution in [3.05, 3.63) is 41.7 Å². The van der Waals surface area contributed by atoms with Crippen molar-refractivity contribution in [2.24, 2.45) is 0 Å². The second-order valence-electron chi connectivity index (χ2n) is 3.72. The smallest absolute Gasteiger partial charge is 0.337 e. The molecule has 0 saturated carbocycles. The van der Waals surface area contributed by atoms with Crippen molar-refractivity contribution in [2.75, 3.05) is 6.61 Å². The lowest BCUT2D eigenvalue weighted by Crippen LogP contribution is -2.09. The van der Waals surface area contributed by atoms with Crippen molar-refractivity contribution in [1.82, 2.24) is 14.8 Å². The number of carbonyl (C=O) groups is 1. The van der Waals surface area contributed by atoms with Crippen LogP contribution in [0.5, 0.6) is 0 Å². The molecule has 0 aliphatic carbocycles. The van der Waals surface area contributed by atoms with Gasteiger partial charge in [0.25, 0.3) is 0 Å². The summed E-state index contributed by atoms with van der Waals surface area (Å²) in [6.07, 6.45) is 1.37. The van der Waals surface area contributed by atoms with E-state index < -0.39 is 11.8 Å². The van der Waals surface area contributed by atoms with Crippen LogP contribution >= 0.6 is 0 Å². The molecule has 7 heteroatoms. The molecule has 0 amide bonds. The van der Waals surface area contributed by atoms with Crippen LogP contribution in [0.25, 0.3) is 5.69 Å². The van der Waals surface area contributed by atoms with E-state index in [1.54, 1.807) is 0 Å². The third-order valence-electron chi connectivity index (χ3n) is 2.50. The van der Waals surface area contributed by atoms with Crippen LogP contribution in [0.1, 0.15) is 23.1 Å². The van der Waals surface area contributed by atoms with Crippen molar-refractivity contribution in [1.29, 1.82) is 0 Å². The number of halogens is 1. The molecule has 0 spiro atoms. The number of nitrogens with zero attached hydrogens (tertiary/aromatic N) is 3.